The van der Waals surface area contributed by atoms with Gasteiger partial charge in [0.25, 0.3) is 0 Å². The Morgan fingerprint density at radius 2 is 1.62 bits per heavy atom. The van der Waals surface area contributed by atoms with Gasteiger partial charge in [0, 0.05) is 44.5 Å². The number of hydrogen-bond donors (Lipinski definition) is 3. The lowest BCUT2D eigenvalue weighted by atomic mass is 9.97. The van der Waals surface area contributed by atoms with Gasteiger partial charge in [0.15, 0.2) is 6.29 Å². The van der Waals surface area contributed by atoms with Gasteiger partial charge in [-0.1, -0.05) is 91.7 Å². The highest BCUT2D eigenvalue weighted by atomic mass is 16.7. The average Bonchev–Trinajstić information content (AvgIpc) is 3.05. The van der Waals surface area contributed by atoms with Gasteiger partial charge in [0.1, 0.15) is 0 Å². The van der Waals surface area contributed by atoms with E-state index in [0.717, 1.165) is 72.2 Å². The fourth-order valence-electron chi connectivity index (χ4n) is 5.65. The van der Waals surface area contributed by atoms with Crippen LogP contribution in [0, 0.1) is 0 Å². The van der Waals surface area contributed by atoms with E-state index in [1.165, 1.54) is 0 Å². The predicted octanol–water partition coefficient (Wildman–Crippen LogP) is 6.55. The first-order chi connectivity index (χ1) is 21.9. The summed E-state index contributed by atoms with van der Waals surface area (Å²) in [6.45, 7) is 5.81. The number of aliphatic hydroxyl groups is 1. The molecule has 3 aromatic carbocycles. The van der Waals surface area contributed by atoms with Crippen LogP contribution in [0.2, 0.25) is 0 Å². The number of aliphatic carboxylic acids is 1. The minimum atomic E-state index is -0.775. The van der Waals surface area contributed by atoms with Crippen LogP contribution >= 0.6 is 0 Å². The summed E-state index contributed by atoms with van der Waals surface area (Å²) < 4.78 is 13.0. The van der Waals surface area contributed by atoms with Crippen molar-refractivity contribution in [3.63, 3.8) is 0 Å². The number of likely N-dealkylation sites (N-methyl/N-ethyl adjacent to an activating group) is 1. The fraction of sp³-hybridized carbons (Fsp3) is 0.405. The summed E-state index contributed by atoms with van der Waals surface area (Å²) >= 11 is 0. The Kier molecular flexibility index (Phi) is 13.3. The minimum Gasteiger partial charge on any atom is -0.481 e. The third-order valence-corrected chi connectivity index (χ3v) is 8.10. The molecule has 1 aliphatic heterocycles. The number of unbranched alkanes of at least 4 members (excludes halogenated alkanes) is 3. The summed E-state index contributed by atoms with van der Waals surface area (Å²) in [5.74, 6) is -0.776. The zero-order valence-electron chi connectivity index (χ0n) is 26.2. The molecule has 240 valence electrons. The highest BCUT2D eigenvalue weighted by Gasteiger charge is 2.32. The Hall–Kier alpha value is -3.82. The summed E-state index contributed by atoms with van der Waals surface area (Å²) in [5.41, 5.74) is 5.97. The van der Waals surface area contributed by atoms with Crippen LogP contribution in [-0.4, -0.2) is 53.2 Å². The largest absolute Gasteiger partial charge is 0.481 e. The number of amides is 1. The normalized spacial score (nSPS) is 18.1. The van der Waals surface area contributed by atoms with Gasteiger partial charge in [-0.05, 0) is 47.7 Å². The number of carboxylic acids is 1. The molecule has 3 atom stereocenters. The van der Waals surface area contributed by atoms with Gasteiger partial charge in [-0.25, -0.2) is 0 Å². The molecule has 0 aromatic heterocycles. The molecule has 3 N–H and O–H groups in total. The highest BCUT2D eigenvalue weighted by Crippen LogP contribution is 2.38. The van der Waals surface area contributed by atoms with Crippen molar-refractivity contribution in [1.82, 2.24) is 10.2 Å². The lowest BCUT2D eigenvalue weighted by Gasteiger charge is -2.37. The monoisotopic (exact) mass is 614 g/mol. The van der Waals surface area contributed by atoms with Crippen LogP contribution in [0.3, 0.4) is 0 Å². The van der Waals surface area contributed by atoms with Crippen molar-refractivity contribution in [2.45, 2.75) is 76.6 Å². The summed E-state index contributed by atoms with van der Waals surface area (Å²) in [5, 5.41) is 21.3. The van der Waals surface area contributed by atoms with Crippen LogP contribution < -0.4 is 5.32 Å². The molecule has 0 spiro atoms. The Labute approximate surface area is 266 Å². The lowest BCUT2D eigenvalue weighted by Crippen LogP contribution is -2.37. The number of ether oxygens (including phenoxy) is 2. The van der Waals surface area contributed by atoms with Crippen LogP contribution in [0.5, 0.6) is 0 Å². The first-order valence-corrected chi connectivity index (χ1v) is 15.8. The molecule has 1 aliphatic rings. The zero-order chi connectivity index (χ0) is 32.0. The first kappa shape index (κ1) is 34.1. The van der Waals surface area contributed by atoms with E-state index >= 15 is 0 Å². The smallest absolute Gasteiger partial charge is 0.303 e. The number of nitrogens with one attached hydrogen (secondary N) is 1. The molecular weight excluding hydrogens is 568 g/mol. The fourth-order valence-corrected chi connectivity index (χ4v) is 5.65. The predicted molar refractivity (Wildman–Crippen MR) is 175 cm³/mol. The van der Waals surface area contributed by atoms with Gasteiger partial charge in [-0.15, -0.1) is 6.58 Å². The molecular formula is C37H46N2O6. The molecule has 0 saturated carbocycles. The molecule has 0 unspecified atom stereocenters. The molecule has 8 nitrogen and oxygen atoms in total. The van der Waals surface area contributed by atoms with Crippen molar-refractivity contribution in [3.05, 3.63) is 108 Å². The first-order valence-electron chi connectivity index (χ1n) is 15.8. The molecule has 0 bridgehead atoms. The molecule has 3 aromatic rings. The molecule has 0 radical (unpaired) electrons. The van der Waals surface area contributed by atoms with E-state index in [1.54, 1.807) is 0 Å². The standard InChI is InChI=1S/C37H46N2O6/c1-3-22-39(2)25-32-23-34(29-16-14-27(26-40)15-17-29)45-37(44-32)30-20-18-28(19-21-30)33-11-9-8-10-31(33)24-38-35(41)12-6-4-5-7-13-36(42)43/h3,8-11,14-21,32,34,37,40H,1,4-7,12-13,22-26H2,2H3,(H,38,41)(H,42,43)/t32-,34+,37+/m0/s1. The lowest BCUT2D eigenvalue weighted by molar-refractivity contribution is -0.252. The third kappa shape index (κ3) is 10.6. The Morgan fingerprint density at radius 1 is 0.933 bits per heavy atom. The topological polar surface area (TPSA) is 108 Å². The van der Waals surface area contributed by atoms with Crippen molar-refractivity contribution >= 4 is 11.9 Å². The second kappa shape index (κ2) is 17.6. The van der Waals surface area contributed by atoms with E-state index in [1.807, 2.05) is 60.7 Å². The van der Waals surface area contributed by atoms with Crippen molar-refractivity contribution in [2.24, 2.45) is 0 Å². The third-order valence-electron chi connectivity index (χ3n) is 8.10. The SMILES string of the molecule is C=CCN(C)C[C@@H]1C[C@H](c2ccc(CO)cc2)O[C@H](c2ccc(-c3ccccc3CNC(=O)CCCCCCC(=O)O)cc2)O1. The van der Waals surface area contributed by atoms with Crippen LogP contribution in [-0.2, 0) is 32.2 Å². The van der Waals surface area contributed by atoms with E-state index < -0.39 is 12.3 Å². The minimum absolute atomic E-state index is 0.00109. The van der Waals surface area contributed by atoms with Gasteiger partial charge in [-0.3, -0.25) is 9.59 Å². The Bertz CT molecular complexity index is 1370. The van der Waals surface area contributed by atoms with E-state index in [4.69, 9.17) is 14.6 Å². The number of carbonyl (C=O) groups excluding carboxylic acids is 1. The molecule has 1 amide bonds. The van der Waals surface area contributed by atoms with Gasteiger partial charge >= 0.3 is 5.97 Å². The Balaban J connectivity index is 1.40. The summed E-state index contributed by atoms with van der Waals surface area (Å²) in [4.78, 5) is 25.3. The van der Waals surface area contributed by atoms with Gasteiger partial charge in [0.05, 0.1) is 18.8 Å². The van der Waals surface area contributed by atoms with E-state index in [0.29, 0.717) is 19.4 Å². The second-order valence-electron chi connectivity index (χ2n) is 11.7. The van der Waals surface area contributed by atoms with E-state index in [9.17, 15) is 14.7 Å². The Morgan fingerprint density at radius 3 is 2.31 bits per heavy atom. The molecule has 1 saturated heterocycles. The van der Waals surface area contributed by atoms with Crippen LogP contribution in [0.4, 0.5) is 0 Å². The average molecular weight is 615 g/mol. The zero-order valence-corrected chi connectivity index (χ0v) is 26.2. The molecule has 1 heterocycles. The number of carboxylic acid groups (broad SMARTS) is 1. The maximum Gasteiger partial charge on any atom is 0.303 e. The van der Waals surface area contributed by atoms with Crippen molar-refractivity contribution in [3.8, 4) is 11.1 Å². The van der Waals surface area contributed by atoms with Crippen molar-refractivity contribution in [1.29, 1.82) is 0 Å². The van der Waals surface area contributed by atoms with E-state index in [2.05, 4.69) is 42.0 Å². The second-order valence-corrected chi connectivity index (χ2v) is 11.7. The van der Waals surface area contributed by atoms with Crippen LogP contribution in [0.25, 0.3) is 11.1 Å². The highest BCUT2D eigenvalue weighted by molar-refractivity contribution is 5.76. The molecule has 8 heteroatoms. The van der Waals surface area contributed by atoms with Gasteiger partial charge in [0.2, 0.25) is 5.91 Å². The molecule has 1 fully saturated rings. The summed E-state index contributed by atoms with van der Waals surface area (Å²) in [6, 6.07) is 24.2. The maximum atomic E-state index is 12.5. The maximum absolute atomic E-state index is 12.5. The quantitative estimate of drug-likeness (QED) is 0.117. The van der Waals surface area contributed by atoms with Crippen molar-refractivity contribution in [2.75, 3.05) is 20.1 Å². The number of hydrogen-bond acceptors (Lipinski definition) is 6. The number of nitrogens with zero attached hydrogens (tertiary/aromatic N) is 1. The van der Waals surface area contributed by atoms with Crippen molar-refractivity contribution < 1.29 is 29.3 Å². The number of benzene rings is 3. The van der Waals surface area contributed by atoms with Crippen LogP contribution in [0.1, 0.15) is 79.6 Å². The number of carbonyl (C=O) groups is 2. The summed E-state index contributed by atoms with van der Waals surface area (Å²) in [7, 11) is 2.06. The van der Waals surface area contributed by atoms with Gasteiger partial charge in [-0.2, -0.15) is 0 Å². The number of aliphatic hydroxyl groups excluding tert-OH is 1. The number of rotatable bonds is 17. The molecule has 0 aliphatic carbocycles. The van der Waals surface area contributed by atoms with Gasteiger partial charge < -0.3 is 29.9 Å². The molecule has 45 heavy (non-hydrogen) atoms. The summed E-state index contributed by atoms with van der Waals surface area (Å²) in [6.07, 6.45) is 5.57. The molecule has 4 rings (SSSR count). The van der Waals surface area contributed by atoms with E-state index in [-0.39, 0.29) is 31.1 Å². The van der Waals surface area contributed by atoms with Crippen LogP contribution in [0.15, 0.2) is 85.5 Å².